The number of benzene rings is 2. The molecule has 0 aromatic heterocycles. The Hall–Kier alpha value is -2.70. The predicted octanol–water partition coefficient (Wildman–Crippen LogP) is 2.31. The summed E-state index contributed by atoms with van der Waals surface area (Å²) >= 11 is 0. The molecular weight excluding hydrogens is 438 g/mol. The normalized spacial score (nSPS) is 18.3. The van der Waals surface area contributed by atoms with Crippen LogP contribution < -0.4 is 19.1 Å². The van der Waals surface area contributed by atoms with Crippen molar-refractivity contribution in [2.75, 3.05) is 24.0 Å². The number of aliphatic hydroxyl groups excluding tert-OH is 1. The average Bonchev–Trinajstić information content (AvgIpc) is 3.01. The quantitative estimate of drug-likeness (QED) is 0.261. The number of phenols is 2. The maximum Gasteiger partial charge on any atom is 0.220 e. The maximum atomic E-state index is 12.1. The van der Waals surface area contributed by atoms with Crippen molar-refractivity contribution in [1.29, 1.82) is 0 Å². The van der Waals surface area contributed by atoms with Gasteiger partial charge in [0.15, 0.2) is 0 Å². The van der Waals surface area contributed by atoms with Gasteiger partial charge < -0.3 is 25.4 Å². The summed E-state index contributed by atoms with van der Waals surface area (Å²) in [6.45, 7) is 0.935. The van der Waals surface area contributed by atoms with Crippen molar-refractivity contribution >= 4 is 22.6 Å². The minimum absolute atomic E-state index is 0.0729. The third-order valence-electron chi connectivity index (χ3n) is 4.87. The highest BCUT2D eigenvalue weighted by molar-refractivity contribution is 8.24. The highest BCUT2D eigenvalue weighted by Crippen LogP contribution is 2.49. The van der Waals surface area contributed by atoms with E-state index in [9.17, 15) is 29.2 Å². The van der Waals surface area contributed by atoms with E-state index in [2.05, 4.69) is 10.0 Å². The molecular formula is C21H29N3O7S. The average molecular weight is 468 g/mol. The number of phenolic OH excluding ortho intramolecular Hbond substituents is 2. The van der Waals surface area contributed by atoms with Crippen molar-refractivity contribution in [3.8, 4) is 17.2 Å². The molecule has 10 nitrogen and oxygen atoms in total. The van der Waals surface area contributed by atoms with Crippen molar-refractivity contribution < 1.29 is 34.0 Å². The van der Waals surface area contributed by atoms with Gasteiger partial charge in [-0.3, -0.25) is 18.2 Å². The molecule has 2 aromatic rings. The van der Waals surface area contributed by atoms with Gasteiger partial charge in [0.1, 0.15) is 29.2 Å². The number of nitrogens with zero attached hydrogens (tertiary/aromatic N) is 1. The van der Waals surface area contributed by atoms with Gasteiger partial charge >= 0.3 is 0 Å². The van der Waals surface area contributed by atoms with Gasteiger partial charge in [-0.25, -0.2) is 0 Å². The summed E-state index contributed by atoms with van der Waals surface area (Å²) in [6, 6.07) is 11.3. The van der Waals surface area contributed by atoms with Crippen molar-refractivity contribution in [2.45, 2.75) is 31.9 Å². The summed E-state index contributed by atoms with van der Waals surface area (Å²) in [7, 11) is -3.40. The third-order valence-corrected chi connectivity index (χ3v) is 6.42. The van der Waals surface area contributed by atoms with Gasteiger partial charge in [0.25, 0.3) is 0 Å². The number of anilines is 1. The van der Waals surface area contributed by atoms with Crippen LogP contribution in [-0.2, 0) is 11.2 Å². The molecule has 0 aliphatic carbocycles. The minimum Gasteiger partial charge on any atom is -0.508 e. The molecule has 3 rings (SSSR count). The maximum absolute atomic E-state index is 12.1. The lowest BCUT2D eigenvalue weighted by atomic mass is 10.1. The lowest BCUT2D eigenvalue weighted by Gasteiger charge is -2.36. The minimum atomic E-state index is -3.40. The highest BCUT2D eigenvalue weighted by Gasteiger charge is 2.36. The number of amides is 1. The van der Waals surface area contributed by atoms with Crippen LogP contribution in [0.5, 0.6) is 17.2 Å². The fourth-order valence-electron chi connectivity index (χ4n) is 3.28. The summed E-state index contributed by atoms with van der Waals surface area (Å²) in [6.07, 6.45) is 1.06. The summed E-state index contributed by atoms with van der Waals surface area (Å²) in [5, 5.41) is 32.1. The molecule has 0 saturated carbocycles. The molecule has 7 N–H and O–H groups in total. The first kappa shape index (κ1) is 24.0. The summed E-state index contributed by atoms with van der Waals surface area (Å²) < 4.78 is 28.8. The van der Waals surface area contributed by atoms with E-state index in [1.165, 1.54) is 12.1 Å². The van der Waals surface area contributed by atoms with Crippen molar-refractivity contribution in [3.05, 3.63) is 48.0 Å². The fourth-order valence-corrected chi connectivity index (χ4v) is 4.62. The van der Waals surface area contributed by atoms with Gasteiger partial charge in [0.2, 0.25) is 5.91 Å². The lowest BCUT2D eigenvalue weighted by Crippen LogP contribution is -2.25. The first-order valence-corrected chi connectivity index (χ1v) is 11.8. The Morgan fingerprint density at radius 3 is 2.69 bits per heavy atom. The number of hydrogen-bond acceptors (Lipinski definition) is 9. The SMILES string of the molecule is O=C(CCc1ccc(N2CC(O)NS2(O)O)c(O)c1)NCCCCOc1cccc(O)c1. The van der Waals surface area contributed by atoms with Crippen LogP contribution in [0.25, 0.3) is 0 Å². The van der Waals surface area contributed by atoms with Gasteiger partial charge in [-0.05, 0) is 49.1 Å². The Kier molecular flexibility index (Phi) is 8.04. The van der Waals surface area contributed by atoms with Gasteiger partial charge in [0.05, 0.1) is 13.2 Å². The van der Waals surface area contributed by atoms with E-state index in [4.69, 9.17) is 4.74 Å². The Bertz CT molecular complexity index is 928. The number of aliphatic hydroxyl groups is 1. The predicted molar refractivity (Wildman–Crippen MR) is 122 cm³/mol. The van der Waals surface area contributed by atoms with E-state index in [0.29, 0.717) is 25.3 Å². The van der Waals surface area contributed by atoms with Crippen LogP contribution >= 0.6 is 11.0 Å². The van der Waals surface area contributed by atoms with E-state index in [-0.39, 0.29) is 36.1 Å². The second-order valence-corrected chi connectivity index (χ2v) is 9.15. The van der Waals surface area contributed by atoms with Crippen LogP contribution in [0.2, 0.25) is 0 Å². The zero-order chi connectivity index (χ0) is 23.1. The van der Waals surface area contributed by atoms with Crippen molar-refractivity contribution in [3.63, 3.8) is 0 Å². The van der Waals surface area contributed by atoms with E-state index in [1.54, 1.807) is 30.3 Å². The molecule has 11 heteroatoms. The molecule has 2 aromatic carbocycles. The van der Waals surface area contributed by atoms with Gasteiger partial charge in [-0.15, -0.1) is 0 Å². The van der Waals surface area contributed by atoms with Crippen LogP contribution in [-0.4, -0.2) is 56.3 Å². The first-order valence-electron chi connectivity index (χ1n) is 10.3. The zero-order valence-electron chi connectivity index (χ0n) is 17.5. The highest BCUT2D eigenvalue weighted by atomic mass is 32.3. The molecule has 32 heavy (non-hydrogen) atoms. The molecule has 0 bridgehead atoms. The molecule has 1 fully saturated rings. The summed E-state index contributed by atoms with van der Waals surface area (Å²) in [4.78, 5) is 12.1. The number of carbonyl (C=O) groups is 1. The van der Waals surface area contributed by atoms with Crippen molar-refractivity contribution in [2.24, 2.45) is 0 Å². The second-order valence-electron chi connectivity index (χ2n) is 7.44. The number of nitrogens with one attached hydrogen (secondary N) is 2. The van der Waals surface area contributed by atoms with Crippen molar-refractivity contribution in [1.82, 2.24) is 10.0 Å². The molecule has 0 radical (unpaired) electrons. The van der Waals surface area contributed by atoms with Gasteiger partial charge in [-0.2, -0.15) is 4.72 Å². The number of unbranched alkanes of at least 4 members (excludes halogenated alkanes) is 1. The van der Waals surface area contributed by atoms with Gasteiger partial charge in [0, 0.05) is 19.0 Å². The molecule has 1 aliphatic rings. The number of aromatic hydroxyl groups is 2. The number of hydrogen-bond donors (Lipinski definition) is 7. The second kappa shape index (κ2) is 10.7. The number of ether oxygens (including phenoxy) is 1. The largest absolute Gasteiger partial charge is 0.508 e. The Morgan fingerprint density at radius 2 is 2.00 bits per heavy atom. The number of carbonyl (C=O) groups excluding carboxylic acids is 1. The molecule has 1 unspecified atom stereocenters. The smallest absolute Gasteiger partial charge is 0.220 e. The molecule has 1 amide bonds. The zero-order valence-corrected chi connectivity index (χ0v) is 18.3. The molecule has 176 valence electrons. The van der Waals surface area contributed by atoms with E-state index in [0.717, 1.165) is 22.7 Å². The van der Waals surface area contributed by atoms with E-state index < -0.39 is 17.2 Å². The summed E-state index contributed by atoms with van der Waals surface area (Å²) in [5.74, 6) is 0.486. The van der Waals surface area contributed by atoms with Crippen LogP contribution in [0.4, 0.5) is 5.69 Å². The number of β-amino-alcohol motifs (C(OH)–C–C–N with tert-alkyl or cyclic N) is 1. The van der Waals surface area contributed by atoms with Crippen LogP contribution in [0.3, 0.4) is 0 Å². The Morgan fingerprint density at radius 1 is 1.19 bits per heavy atom. The van der Waals surface area contributed by atoms with Crippen LogP contribution in [0.1, 0.15) is 24.8 Å². The molecule has 1 heterocycles. The number of aryl methyl sites for hydroxylation is 1. The van der Waals surface area contributed by atoms with E-state index in [1.807, 2.05) is 0 Å². The molecule has 1 atom stereocenters. The Balaban J connectivity index is 1.35. The number of rotatable bonds is 10. The molecule has 1 saturated heterocycles. The monoisotopic (exact) mass is 467 g/mol. The molecule has 0 spiro atoms. The van der Waals surface area contributed by atoms with Crippen LogP contribution in [0, 0.1) is 0 Å². The lowest BCUT2D eigenvalue weighted by molar-refractivity contribution is -0.121. The Labute approximate surface area is 188 Å². The third kappa shape index (κ3) is 6.65. The van der Waals surface area contributed by atoms with E-state index >= 15 is 0 Å². The first-order chi connectivity index (χ1) is 15.2. The van der Waals surface area contributed by atoms with Crippen LogP contribution in [0.15, 0.2) is 42.5 Å². The van der Waals surface area contributed by atoms with Gasteiger partial charge in [-0.1, -0.05) is 23.1 Å². The molecule has 1 aliphatic heterocycles. The summed E-state index contributed by atoms with van der Waals surface area (Å²) in [5.41, 5.74) is 0.917. The fraction of sp³-hybridized carbons (Fsp3) is 0.381. The topological polar surface area (TPSA) is 155 Å². The standard InChI is InChI=1S/C21H29N3O7S/c25-16-4-3-5-17(13-16)31-11-2-1-10-22-20(27)9-7-15-6-8-18(19(26)12-15)24-14-21(28)23-32(24,29)30/h3-6,8,12-13,21,23,25-26,28-30H,1-2,7,9-11,14H2,(H,22,27).